The molecular weight excluding hydrogens is 412 g/mol. The number of allylic oxidation sites excluding steroid dienone is 1. The van der Waals surface area contributed by atoms with Gasteiger partial charge in [0.05, 0.1) is 25.5 Å². The molecule has 0 amide bonds. The summed E-state index contributed by atoms with van der Waals surface area (Å²) in [7, 11) is 3.20. The summed E-state index contributed by atoms with van der Waals surface area (Å²) >= 11 is 4.87. The van der Waals surface area contributed by atoms with Gasteiger partial charge >= 0.3 is 0 Å². The molecule has 26 heavy (non-hydrogen) atoms. The van der Waals surface area contributed by atoms with E-state index in [0.717, 1.165) is 21.3 Å². The molecule has 2 aromatic carbocycles. The third kappa shape index (κ3) is 3.96. The Morgan fingerprint density at radius 3 is 2.58 bits per heavy atom. The summed E-state index contributed by atoms with van der Waals surface area (Å²) in [4.78, 5) is 4.62. The van der Waals surface area contributed by atoms with Crippen LogP contribution in [-0.2, 0) is 0 Å². The largest absolute Gasteiger partial charge is 0.497 e. The van der Waals surface area contributed by atoms with E-state index in [-0.39, 0.29) is 0 Å². The first-order valence-electron chi connectivity index (χ1n) is 7.70. The predicted molar refractivity (Wildman–Crippen MR) is 108 cm³/mol. The number of halogens is 1. The van der Waals surface area contributed by atoms with Crippen LogP contribution in [0.2, 0.25) is 0 Å². The Morgan fingerprint density at radius 2 is 1.92 bits per heavy atom. The van der Waals surface area contributed by atoms with E-state index in [9.17, 15) is 5.26 Å². The fourth-order valence-corrected chi connectivity index (χ4v) is 3.46. The van der Waals surface area contributed by atoms with E-state index in [1.54, 1.807) is 20.3 Å². The molecule has 3 aromatic rings. The second kappa shape index (κ2) is 8.17. The SMILES string of the molecule is COc1ccc(OC)c(C=C(C#N)c2nc(-c3ccc(Br)cc3)cs2)c1. The molecule has 6 heteroatoms. The molecule has 0 fully saturated rings. The van der Waals surface area contributed by atoms with Gasteiger partial charge < -0.3 is 9.47 Å². The number of aromatic nitrogens is 1. The summed E-state index contributed by atoms with van der Waals surface area (Å²) in [6.45, 7) is 0. The summed E-state index contributed by atoms with van der Waals surface area (Å²) in [5.41, 5.74) is 3.09. The van der Waals surface area contributed by atoms with Crippen molar-refractivity contribution in [2.75, 3.05) is 14.2 Å². The van der Waals surface area contributed by atoms with Gasteiger partial charge in [0.15, 0.2) is 0 Å². The highest BCUT2D eigenvalue weighted by molar-refractivity contribution is 9.10. The number of hydrogen-bond acceptors (Lipinski definition) is 5. The molecule has 0 saturated carbocycles. The maximum Gasteiger partial charge on any atom is 0.134 e. The Hall–Kier alpha value is -2.62. The number of thiazole rings is 1. The average molecular weight is 427 g/mol. The minimum absolute atomic E-state index is 0.477. The first-order chi connectivity index (χ1) is 12.6. The van der Waals surface area contributed by atoms with Crippen molar-refractivity contribution in [3.05, 3.63) is 62.9 Å². The number of ether oxygens (including phenoxy) is 2. The number of benzene rings is 2. The van der Waals surface area contributed by atoms with E-state index in [2.05, 4.69) is 27.0 Å². The van der Waals surface area contributed by atoms with Gasteiger partial charge in [-0.25, -0.2) is 4.98 Å². The zero-order valence-electron chi connectivity index (χ0n) is 14.2. The van der Waals surface area contributed by atoms with Gasteiger partial charge in [-0.05, 0) is 36.4 Å². The monoisotopic (exact) mass is 426 g/mol. The van der Waals surface area contributed by atoms with Crippen molar-refractivity contribution in [3.8, 4) is 28.8 Å². The van der Waals surface area contributed by atoms with E-state index in [1.165, 1.54) is 11.3 Å². The number of methoxy groups -OCH3 is 2. The molecule has 1 aromatic heterocycles. The highest BCUT2D eigenvalue weighted by atomic mass is 79.9. The maximum atomic E-state index is 9.62. The first kappa shape index (κ1) is 18.2. The highest BCUT2D eigenvalue weighted by Gasteiger charge is 2.11. The molecule has 0 N–H and O–H groups in total. The molecule has 0 spiro atoms. The Morgan fingerprint density at radius 1 is 1.15 bits per heavy atom. The number of hydrogen-bond donors (Lipinski definition) is 0. The molecule has 1 heterocycles. The van der Waals surface area contributed by atoms with Crippen molar-refractivity contribution in [2.24, 2.45) is 0 Å². The molecule has 0 aliphatic carbocycles. The van der Waals surface area contributed by atoms with Gasteiger partial charge in [0.1, 0.15) is 22.6 Å². The molecule has 0 aliphatic rings. The lowest BCUT2D eigenvalue weighted by atomic mass is 10.1. The van der Waals surface area contributed by atoms with Crippen molar-refractivity contribution >= 4 is 38.9 Å². The van der Waals surface area contributed by atoms with Crippen LogP contribution in [0.5, 0.6) is 11.5 Å². The van der Waals surface area contributed by atoms with Crippen LogP contribution in [-0.4, -0.2) is 19.2 Å². The lowest BCUT2D eigenvalue weighted by molar-refractivity contribution is 0.402. The third-order valence-electron chi connectivity index (χ3n) is 3.73. The van der Waals surface area contributed by atoms with Crippen LogP contribution in [0, 0.1) is 11.3 Å². The van der Waals surface area contributed by atoms with Crippen LogP contribution in [0.15, 0.2) is 52.3 Å². The first-order valence-corrected chi connectivity index (χ1v) is 9.37. The molecule has 0 radical (unpaired) electrons. The second-order valence-electron chi connectivity index (χ2n) is 5.32. The molecule has 130 valence electrons. The average Bonchev–Trinajstić information content (AvgIpc) is 3.16. The van der Waals surface area contributed by atoms with Gasteiger partial charge in [-0.1, -0.05) is 28.1 Å². The van der Waals surface area contributed by atoms with Crippen LogP contribution in [0.3, 0.4) is 0 Å². The van der Waals surface area contributed by atoms with Crippen molar-refractivity contribution in [1.82, 2.24) is 4.98 Å². The van der Waals surface area contributed by atoms with E-state index in [4.69, 9.17) is 9.47 Å². The molecule has 4 nitrogen and oxygen atoms in total. The van der Waals surface area contributed by atoms with Gasteiger partial charge in [0.25, 0.3) is 0 Å². The van der Waals surface area contributed by atoms with Crippen molar-refractivity contribution in [1.29, 1.82) is 5.26 Å². The van der Waals surface area contributed by atoms with Crippen LogP contribution >= 0.6 is 27.3 Å². The summed E-state index contributed by atoms with van der Waals surface area (Å²) in [5.74, 6) is 1.37. The smallest absolute Gasteiger partial charge is 0.134 e. The summed E-state index contributed by atoms with van der Waals surface area (Å²) in [6.07, 6.45) is 1.77. The summed E-state index contributed by atoms with van der Waals surface area (Å²) < 4.78 is 11.7. The molecule has 0 bridgehead atoms. The quantitative estimate of drug-likeness (QED) is 0.494. The fraction of sp³-hybridized carbons (Fsp3) is 0.100. The molecule has 0 unspecified atom stereocenters. The van der Waals surface area contributed by atoms with Crippen LogP contribution in [0.1, 0.15) is 10.6 Å². The summed E-state index contributed by atoms with van der Waals surface area (Å²) in [6, 6.07) is 15.6. The van der Waals surface area contributed by atoms with Crippen LogP contribution < -0.4 is 9.47 Å². The van der Waals surface area contributed by atoms with Crippen LogP contribution in [0.25, 0.3) is 22.9 Å². The number of nitriles is 1. The number of rotatable bonds is 5. The molecular formula is C20H15BrN2O2S. The lowest BCUT2D eigenvalue weighted by Gasteiger charge is -2.07. The van der Waals surface area contributed by atoms with E-state index < -0.39 is 0 Å². The molecule has 3 rings (SSSR count). The minimum Gasteiger partial charge on any atom is -0.497 e. The Labute approximate surface area is 164 Å². The lowest BCUT2D eigenvalue weighted by Crippen LogP contribution is -1.90. The minimum atomic E-state index is 0.477. The molecule has 0 aliphatic heterocycles. The van der Waals surface area contributed by atoms with Crippen molar-refractivity contribution in [2.45, 2.75) is 0 Å². The van der Waals surface area contributed by atoms with Gasteiger partial charge in [0, 0.05) is 21.0 Å². The second-order valence-corrected chi connectivity index (χ2v) is 7.10. The van der Waals surface area contributed by atoms with Gasteiger partial charge in [-0.15, -0.1) is 11.3 Å². The zero-order chi connectivity index (χ0) is 18.5. The molecule has 0 atom stereocenters. The Bertz CT molecular complexity index is 988. The zero-order valence-corrected chi connectivity index (χ0v) is 16.6. The molecule has 0 saturated heterocycles. The predicted octanol–water partition coefficient (Wildman–Crippen LogP) is 5.65. The fourth-order valence-electron chi connectivity index (χ4n) is 2.40. The Balaban J connectivity index is 1.99. The standard InChI is InChI=1S/C20H15BrN2O2S/c1-24-17-7-8-19(25-2)14(10-17)9-15(11-22)20-23-18(12-26-20)13-3-5-16(21)6-4-13/h3-10,12H,1-2H3. The van der Waals surface area contributed by atoms with Crippen molar-refractivity contribution in [3.63, 3.8) is 0 Å². The van der Waals surface area contributed by atoms with Gasteiger partial charge in [0.2, 0.25) is 0 Å². The Kier molecular flexibility index (Phi) is 5.71. The van der Waals surface area contributed by atoms with Crippen LogP contribution in [0.4, 0.5) is 0 Å². The van der Waals surface area contributed by atoms with E-state index >= 15 is 0 Å². The van der Waals surface area contributed by atoms with Gasteiger partial charge in [-0.2, -0.15) is 5.26 Å². The maximum absolute atomic E-state index is 9.62. The highest BCUT2D eigenvalue weighted by Crippen LogP contribution is 2.31. The number of nitrogens with zero attached hydrogens (tertiary/aromatic N) is 2. The third-order valence-corrected chi connectivity index (χ3v) is 5.14. The van der Waals surface area contributed by atoms with Gasteiger partial charge in [-0.3, -0.25) is 0 Å². The van der Waals surface area contributed by atoms with E-state index in [0.29, 0.717) is 22.1 Å². The normalized spacial score (nSPS) is 11.1. The van der Waals surface area contributed by atoms with E-state index in [1.807, 2.05) is 47.8 Å². The van der Waals surface area contributed by atoms with Crippen molar-refractivity contribution < 1.29 is 9.47 Å². The summed E-state index contributed by atoms with van der Waals surface area (Å²) in [5, 5.41) is 12.2. The topological polar surface area (TPSA) is 55.1 Å².